The largest absolute Gasteiger partial charge is 0.361 e. The molecule has 1 heterocycles. The summed E-state index contributed by atoms with van der Waals surface area (Å²) in [6.07, 6.45) is 4.72. The van der Waals surface area contributed by atoms with Crippen LogP contribution < -0.4 is 0 Å². The molecule has 1 fully saturated rings. The average molecular weight is 168 g/mol. The van der Waals surface area contributed by atoms with E-state index < -0.39 is 0 Å². The van der Waals surface area contributed by atoms with E-state index in [0.29, 0.717) is 0 Å². The molecule has 0 N–H and O–H groups in total. The maximum Gasteiger partial charge on any atom is 0.0903 e. The fraction of sp³-hybridized carbons (Fsp3) is 0.818. The summed E-state index contributed by atoms with van der Waals surface area (Å²) >= 11 is 0. The highest BCUT2D eigenvalue weighted by Gasteiger charge is 2.52. The Morgan fingerprint density at radius 1 is 1.25 bits per heavy atom. The highest BCUT2D eigenvalue weighted by molar-refractivity contribution is 5.31. The van der Waals surface area contributed by atoms with Gasteiger partial charge in [-0.1, -0.05) is 19.9 Å². The van der Waals surface area contributed by atoms with E-state index in [1.54, 1.807) is 0 Å². The van der Waals surface area contributed by atoms with Crippen molar-refractivity contribution < 1.29 is 4.74 Å². The average Bonchev–Trinajstić information content (AvgIpc) is 2.67. The van der Waals surface area contributed by atoms with Crippen molar-refractivity contribution in [3.8, 4) is 0 Å². The second-order valence-electron chi connectivity index (χ2n) is 4.03. The topological polar surface area (TPSA) is 9.23 Å². The van der Waals surface area contributed by atoms with Gasteiger partial charge in [-0.05, 0) is 39.2 Å². The van der Waals surface area contributed by atoms with Gasteiger partial charge < -0.3 is 4.74 Å². The van der Waals surface area contributed by atoms with Crippen LogP contribution in [-0.2, 0) is 4.74 Å². The molecular formula is C11H20O. The molecule has 12 heavy (non-hydrogen) atoms. The lowest BCUT2D eigenvalue weighted by atomic mass is 10.1. The first kappa shape index (κ1) is 9.79. The Morgan fingerprint density at radius 2 is 1.75 bits per heavy atom. The SMILES string of the molecule is CC.CC1=CC(C)(C)OC12CC2. The summed E-state index contributed by atoms with van der Waals surface area (Å²) in [7, 11) is 0. The Kier molecular flexibility index (Phi) is 2.35. The lowest BCUT2D eigenvalue weighted by Crippen LogP contribution is -2.22. The van der Waals surface area contributed by atoms with E-state index in [1.165, 1.54) is 18.4 Å². The first-order chi connectivity index (χ1) is 5.54. The summed E-state index contributed by atoms with van der Waals surface area (Å²) in [6, 6.07) is 0. The number of rotatable bonds is 0. The fourth-order valence-corrected chi connectivity index (χ4v) is 1.88. The Bertz CT molecular complexity index is 197. The minimum absolute atomic E-state index is 0.000579. The van der Waals surface area contributed by atoms with Crippen molar-refractivity contribution in [1.29, 1.82) is 0 Å². The standard InChI is InChI=1S/C9H14O.C2H6/c1-7-6-8(2,3)10-9(7)4-5-9;1-2/h6H,4-5H2,1-3H3;1-2H3. The molecule has 1 spiro atoms. The molecule has 0 amide bonds. The minimum atomic E-state index is 0.000579. The first-order valence-electron chi connectivity index (χ1n) is 4.94. The van der Waals surface area contributed by atoms with Gasteiger partial charge in [-0.25, -0.2) is 0 Å². The molecule has 0 aromatic carbocycles. The fourth-order valence-electron chi connectivity index (χ4n) is 1.88. The Balaban J connectivity index is 0.000000336. The maximum absolute atomic E-state index is 5.87. The van der Waals surface area contributed by atoms with Crippen molar-refractivity contribution in [3.05, 3.63) is 11.6 Å². The van der Waals surface area contributed by atoms with Crippen molar-refractivity contribution >= 4 is 0 Å². The molecule has 0 aromatic heterocycles. The van der Waals surface area contributed by atoms with E-state index in [4.69, 9.17) is 4.74 Å². The van der Waals surface area contributed by atoms with Gasteiger partial charge in [0.05, 0.1) is 11.2 Å². The molecule has 0 unspecified atom stereocenters. The van der Waals surface area contributed by atoms with Crippen LogP contribution in [0.1, 0.15) is 47.5 Å². The number of hydrogen-bond acceptors (Lipinski definition) is 1. The molecule has 0 saturated heterocycles. The highest BCUT2D eigenvalue weighted by Crippen LogP contribution is 2.52. The summed E-state index contributed by atoms with van der Waals surface area (Å²) in [5.41, 5.74) is 1.64. The van der Waals surface area contributed by atoms with E-state index in [2.05, 4.69) is 26.8 Å². The van der Waals surface area contributed by atoms with Gasteiger partial charge >= 0.3 is 0 Å². The first-order valence-corrected chi connectivity index (χ1v) is 4.94. The summed E-state index contributed by atoms with van der Waals surface area (Å²) < 4.78 is 5.87. The van der Waals surface area contributed by atoms with E-state index in [9.17, 15) is 0 Å². The summed E-state index contributed by atoms with van der Waals surface area (Å²) in [5, 5.41) is 0. The lowest BCUT2D eigenvalue weighted by molar-refractivity contribution is -0.0163. The van der Waals surface area contributed by atoms with Gasteiger partial charge in [-0.2, -0.15) is 0 Å². The van der Waals surface area contributed by atoms with Crippen LogP contribution >= 0.6 is 0 Å². The van der Waals surface area contributed by atoms with Crippen LogP contribution in [-0.4, -0.2) is 11.2 Å². The van der Waals surface area contributed by atoms with E-state index in [0.717, 1.165) is 0 Å². The van der Waals surface area contributed by atoms with Gasteiger partial charge in [-0.15, -0.1) is 0 Å². The van der Waals surface area contributed by atoms with Crippen LogP contribution in [0, 0.1) is 0 Å². The van der Waals surface area contributed by atoms with Crippen LogP contribution in [0.25, 0.3) is 0 Å². The molecule has 0 radical (unpaired) electrons. The quantitative estimate of drug-likeness (QED) is 0.504. The van der Waals surface area contributed by atoms with Gasteiger partial charge in [0.25, 0.3) is 0 Å². The smallest absolute Gasteiger partial charge is 0.0903 e. The van der Waals surface area contributed by atoms with Gasteiger partial charge in [0, 0.05) is 0 Å². The molecule has 1 aliphatic carbocycles. The molecule has 0 aromatic rings. The zero-order valence-corrected chi connectivity index (χ0v) is 8.90. The second kappa shape index (κ2) is 2.88. The normalized spacial score (nSPS) is 27.6. The minimum Gasteiger partial charge on any atom is -0.361 e. The summed E-state index contributed by atoms with van der Waals surface area (Å²) in [5.74, 6) is 0. The third-order valence-electron chi connectivity index (χ3n) is 2.45. The Morgan fingerprint density at radius 3 is 1.92 bits per heavy atom. The second-order valence-corrected chi connectivity index (χ2v) is 4.03. The summed E-state index contributed by atoms with van der Waals surface area (Å²) in [4.78, 5) is 0. The van der Waals surface area contributed by atoms with Crippen molar-refractivity contribution in [2.75, 3.05) is 0 Å². The Labute approximate surface area is 75.8 Å². The zero-order valence-electron chi connectivity index (χ0n) is 8.90. The van der Waals surface area contributed by atoms with E-state index in [1.807, 2.05) is 13.8 Å². The van der Waals surface area contributed by atoms with Crippen LogP contribution in [0.15, 0.2) is 11.6 Å². The molecule has 0 bridgehead atoms. The molecule has 0 atom stereocenters. The molecule has 1 heteroatoms. The molecule has 1 aliphatic heterocycles. The van der Waals surface area contributed by atoms with Crippen molar-refractivity contribution in [2.45, 2.75) is 58.7 Å². The molecule has 70 valence electrons. The third kappa shape index (κ3) is 1.56. The number of hydrogen-bond donors (Lipinski definition) is 0. The zero-order chi connectivity index (χ0) is 9.41. The monoisotopic (exact) mass is 168 g/mol. The highest BCUT2D eigenvalue weighted by atomic mass is 16.5. The lowest BCUT2D eigenvalue weighted by Gasteiger charge is -2.19. The maximum atomic E-state index is 5.87. The predicted molar refractivity (Wildman–Crippen MR) is 52.2 cm³/mol. The molecule has 1 nitrogen and oxygen atoms in total. The van der Waals surface area contributed by atoms with Crippen LogP contribution in [0.4, 0.5) is 0 Å². The Hall–Kier alpha value is -0.300. The third-order valence-corrected chi connectivity index (χ3v) is 2.45. The van der Waals surface area contributed by atoms with Gasteiger partial charge in [0.1, 0.15) is 0 Å². The van der Waals surface area contributed by atoms with Crippen molar-refractivity contribution in [1.82, 2.24) is 0 Å². The molecular weight excluding hydrogens is 148 g/mol. The predicted octanol–water partition coefficient (Wildman–Crippen LogP) is 3.30. The van der Waals surface area contributed by atoms with Gasteiger partial charge in [0.15, 0.2) is 0 Å². The van der Waals surface area contributed by atoms with Crippen molar-refractivity contribution in [2.24, 2.45) is 0 Å². The molecule has 2 rings (SSSR count). The summed E-state index contributed by atoms with van der Waals surface area (Å²) in [6.45, 7) is 10.4. The van der Waals surface area contributed by atoms with E-state index in [-0.39, 0.29) is 11.2 Å². The van der Waals surface area contributed by atoms with Gasteiger partial charge in [-0.3, -0.25) is 0 Å². The van der Waals surface area contributed by atoms with Crippen LogP contribution in [0.2, 0.25) is 0 Å². The van der Waals surface area contributed by atoms with Crippen molar-refractivity contribution in [3.63, 3.8) is 0 Å². The van der Waals surface area contributed by atoms with Crippen LogP contribution in [0.5, 0.6) is 0 Å². The van der Waals surface area contributed by atoms with E-state index >= 15 is 0 Å². The molecule has 2 aliphatic rings. The van der Waals surface area contributed by atoms with Gasteiger partial charge in [0.2, 0.25) is 0 Å². The van der Waals surface area contributed by atoms with Crippen LogP contribution in [0.3, 0.4) is 0 Å². The number of ether oxygens (including phenoxy) is 1. The molecule has 1 saturated carbocycles.